The third-order valence-electron chi connectivity index (χ3n) is 2.00. The Bertz CT molecular complexity index is 108. The van der Waals surface area contributed by atoms with Crippen molar-refractivity contribution in [2.24, 2.45) is 0 Å². The first kappa shape index (κ1) is 7.54. The van der Waals surface area contributed by atoms with Gasteiger partial charge in [-0.3, -0.25) is 4.79 Å². The summed E-state index contributed by atoms with van der Waals surface area (Å²) in [5.74, 6) is 0. The summed E-state index contributed by atoms with van der Waals surface area (Å²) in [7, 11) is 0. The quantitative estimate of drug-likeness (QED) is 0.536. The van der Waals surface area contributed by atoms with Gasteiger partial charge in [-0.2, -0.15) is 0 Å². The molecule has 2 N–H and O–H groups in total. The van der Waals surface area contributed by atoms with Crippen molar-refractivity contribution < 1.29 is 9.90 Å². The van der Waals surface area contributed by atoms with Crippen LogP contribution in [0.1, 0.15) is 25.7 Å². The lowest BCUT2D eigenvalue weighted by Gasteiger charge is -2.24. The number of hydrogen-bond donors (Lipinski definition) is 2. The fourth-order valence-corrected chi connectivity index (χ4v) is 1.34. The van der Waals surface area contributed by atoms with Gasteiger partial charge in [-0.1, -0.05) is 0 Å². The van der Waals surface area contributed by atoms with Gasteiger partial charge in [0.05, 0.1) is 6.10 Å². The van der Waals surface area contributed by atoms with Gasteiger partial charge in [0.15, 0.2) is 0 Å². The van der Waals surface area contributed by atoms with Crippen molar-refractivity contribution in [3.8, 4) is 0 Å². The van der Waals surface area contributed by atoms with Crippen LogP contribution in [0.2, 0.25) is 0 Å². The lowest BCUT2D eigenvalue weighted by molar-refractivity contribution is -0.110. The van der Waals surface area contributed by atoms with Gasteiger partial charge in [-0.15, -0.1) is 0 Å². The van der Waals surface area contributed by atoms with E-state index in [0.29, 0.717) is 6.04 Å². The summed E-state index contributed by atoms with van der Waals surface area (Å²) in [5.41, 5.74) is 0. The molecule has 0 spiro atoms. The Hall–Kier alpha value is -0.570. The third-order valence-corrected chi connectivity index (χ3v) is 2.00. The van der Waals surface area contributed by atoms with Crippen LogP contribution in [-0.2, 0) is 4.79 Å². The molecule has 0 aliphatic heterocycles. The van der Waals surface area contributed by atoms with E-state index < -0.39 is 0 Å². The molecule has 3 heteroatoms. The fourth-order valence-electron chi connectivity index (χ4n) is 1.34. The molecule has 0 saturated heterocycles. The molecule has 1 aliphatic carbocycles. The maximum atomic E-state index is 9.98. The summed E-state index contributed by atoms with van der Waals surface area (Å²) in [6.45, 7) is 0. The summed E-state index contributed by atoms with van der Waals surface area (Å²) >= 11 is 0. The Morgan fingerprint density at radius 1 is 1.30 bits per heavy atom. The molecule has 0 unspecified atom stereocenters. The molecule has 0 aromatic heterocycles. The van der Waals surface area contributed by atoms with Crippen LogP contribution in [0.15, 0.2) is 0 Å². The van der Waals surface area contributed by atoms with Gasteiger partial charge in [0.1, 0.15) is 0 Å². The average molecular weight is 143 g/mol. The van der Waals surface area contributed by atoms with Gasteiger partial charge in [0, 0.05) is 6.04 Å². The molecule has 0 aromatic carbocycles. The lowest BCUT2D eigenvalue weighted by Crippen LogP contribution is -2.33. The van der Waals surface area contributed by atoms with Crippen LogP contribution < -0.4 is 5.32 Å². The minimum absolute atomic E-state index is 0.135. The number of rotatable bonds is 2. The summed E-state index contributed by atoms with van der Waals surface area (Å²) in [4.78, 5) is 9.98. The van der Waals surface area contributed by atoms with Crippen LogP contribution in [0.5, 0.6) is 0 Å². The molecule has 0 heterocycles. The second-order valence-corrected chi connectivity index (χ2v) is 2.79. The number of hydrogen-bond acceptors (Lipinski definition) is 2. The van der Waals surface area contributed by atoms with Crippen molar-refractivity contribution in [1.82, 2.24) is 5.32 Å². The maximum Gasteiger partial charge on any atom is 0.207 e. The Morgan fingerprint density at radius 3 is 2.40 bits per heavy atom. The number of carbonyl (C=O) groups excluding carboxylic acids is 1. The van der Waals surface area contributed by atoms with E-state index >= 15 is 0 Å². The second kappa shape index (κ2) is 3.56. The Labute approximate surface area is 60.4 Å². The molecule has 1 fully saturated rings. The standard InChI is InChI=1S/C7H13NO2/c9-5-8-6-1-3-7(10)4-2-6/h5-7,10H,1-4H2,(H,8,9)/t6-,7-. The zero-order valence-corrected chi connectivity index (χ0v) is 5.92. The molecule has 58 valence electrons. The Balaban J connectivity index is 2.19. The van der Waals surface area contributed by atoms with E-state index in [-0.39, 0.29) is 6.10 Å². The topological polar surface area (TPSA) is 49.3 Å². The Kier molecular flexibility index (Phi) is 2.68. The predicted molar refractivity (Wildman–Crippen MR) is 37.5 cm³/mol. The number of nitrogens with one attached hydrogen (secondary N) is 1. The van der Waals surface area contributed by atoms with E-state index in [0.717, 1.165) is 32.1 Å². The van der Waals surface area contributed by atoms with Crippen molar-refractivity contribution in [2.45, 2.75) is 37.8 Å². The normalized spacial score (nSPS) is 33.3. The van der Waals surface area contributed by atoms with Crippen molar-refractivity contribution in [2.75, 3.05) is 0 Å². The molecule has 0 aromatic rings. The molecular formula is C7H13NO2. The van der Waals surface area contributed by atoms with Crippen molar-refractivity contribution in [3.63, 3.8) is 0 Å². The monoisotopic (exact) mass is 143 g/mol. The third kappa shape index (κ3) is 1.99. The van der Waals surface area contributed by atoms with Gasteiger partial charge >= 0.3 is 0 Å². The van der Waals surface area contributed by atoms with Gasteiger partial charge < -0.3 is 10.4 Å². The lowest BCUT2D eigenvalue weighted by atomic mass is 9.93. The van der Waals surface area contributed by atoms with E-state index in [2.05, 4.69) is 5.32 Å². The number of amides is 1. The second-order valence-electron chi connectivity index (χ2n) is 2.79. The van der Waals surface area contributed by atoms with Gasteiger partial charge in [0.25, 0.3) is 0 Å². The van der Waals surface area contributed by atoms with Crippen molar-refractivity contribution >= 4 is 6.41 Å². The minimum atomic E-state index is -0.135. The minimum Gasteiger partial charge on any atom is -0.393 e. The highest BCUT2D eigenvalue weighted by Crippen LogP contribution is 2.17. The van der Waals surface area contributed by atoms with Crippen LogP contribution in [0.25, 0.3) is 0 Å². The molecule has 0 bridgehead atoms. The zero-order valence-electron chi connectivity index (χ0n) is 5.92. The number of aliphatic hydroxyl groups is 1. The van der Waals surface area contributed by atoms with Crippen molar-refractivity contribution in [3.05, 3.63) is 0 Å². The molecule has 0 atom stereocenters. The van der Waals surface area contributed by atoms with Crippen molar-refractivity contribution in [1.29, 1.82) is 0 Å². The molecule has 3 nitrogen and oxygen atoms in total. The fraction of sp³-hybridized carbons (Fsp3) is 0.857. The zero-order chi connectivity index (χ0) is 7.40. The van der Waals surface area contributed by atoms with Crippen LogP contribution in [0, 0.1) is 0 Å². The highest BCUT2D eigenvalue weighted by molar-refractivity contribution is 5.46. The molecule has 1 rings (SSSR count). The summed E-state index contributed by atoms with van der Waals surface area (Å²) < 4.78 is 0. The van der Waals surface area contributed by atoms with Gasteiger partial charge in [-0.05, 0) is 25.7 Å². The van der Waals surface area contributed by atoms with E-state index in [1.54, 1.807) is 0 Å². The maximum absolute atomic E-state index is 9.98. The summed E-state index contributed by atoms with van der Waals surface area (Å²) in [6, 6.07) is 0.306. The molecule has 1 amide bonds. The molecule has 10 heavy (non-hydrogen) atoms. The summed E-state index contributed by atoms with van der Waals surface area (Å²) in [6.07, 6.45) is 4.09. The van der Waals surface area contributed by atoms with Crippen LogP contribution in [0.4, 0.5) is 0 Å². The first-order valence-corrected chi connectivity index (χ1v) is 3.70. The van der Waals surface area contributed by atoms with Crippen LogP contribution >= 0.6 is 0 Å². The molecule has 1 aliphatic rings. The van der Waals surface area contributed by atoms with E-state index in [1.165, 1.54) is 0 Å². The highest BCUT2D eigenvalue weighted by Gasteiger charge is 2.17. The average Bonchev–Trinajstić information content (AvgIpc) is 1.95. The summed E-state index contributed by atoms with van der Waals surface area (Å²) in [5, 5.41) is 11.8. The smallest absolute Gasteiger partial charge is 0.207 e. The van der Waals surface area contributed by atoms with E-state index in [4.69, 9.17) is 5.11 Å². The molecule has 0 radical (unpaired) electrons. The molecular weight excluding hydrogens is 130 g/mol. The highest BCUT2D eigenvalue weighted by atomic mass is 16.3. The Morgan fingerprint density at radius 2 is 1.90 bits per heavy atom. The molecule has 1 saturated carbocycles. The van der Waals surface area contributed by atoms with E-state index in [9.17, 15) is 4.79 Å². The first-order chi connectivity index (χ1) is 4.83. The predicted octanol–water partition coefficient (Wildman–Crippen LogP) is 0.0359. The SMILES string of the molecule is O=CN[C@H]1CC[C@H](O)CC1. The van der Waals surface area contributed by atoms with E-state index in [1.807, 2.05) is 0 Å². The van der Waals surface area contributed by atoms with Crippen LogP contribution in [-0.4, -0.2) is 23.7 Å². The number of aliphatic hydroxyl groups excluding tert-OH is 1. The number of carbonyl (C=O) groups is 1. The van der Waals surface area contributed by atoms with Gasteiger partial charge in [-0.25, -0.2) is 0 Å². The van der Waals surface area contributed by atoms with Crippen LogP contribution in [0.3, 0.4) is 0 Å². The largest absolute Gasteiger partial charge is 0.393 e. The first-order valence-electron chi connectivity index (χ1n) is 3.70. The van der Waals surface area contributed by atoms with Gasteiger partial charge in [0.2, 0.25) is 6.41 Å².